The molecule has 3 aliphatic rings. The van der Waals surface area contributed by atoms with E-state index in [9.17, 15) is 0 Å². The highest BCUT2D eigenvalue weighted by Crippen LogP contribution is 2.40. The lowest BCUT2D eigenvalue weighted by molar-refractivity contribution is 0.0723. The Kier molecular flexibility index (Phi) is 6.64. The van der Waals surface area contributed by atoms with Crippen LogP contribution in [0.5, 0.6) is 0 Å². The number of aromatic amines is 1. The van der Waals surface area contributed by atoms with Crippen molar-refractivity contribution in [2.24, 2.45) is 4.99 Å². The zero-order valence-electron chi connectivity index (χ0n) is 18.7. The minimum atomic E-state index is 0.226. The predicted octanol–water partition coefficient (Wildman–Crippen LogP) is 4.90. The first-order chi connectivity index (χ1) is 15.1. The Morgan fingerprint density at radius 3 is 2.87 bits per heavy atom. The minimum Gasteiger partial charge on any atom is -0.476 e. The summed E-state index contributed by atoms with van der Waals surface area (Å²) in [6.45, 7) is 4.65. The highest BCUT2D eigenvalue weighted by atomic mass is 16.5. The standard InChI is InChI=1S/C24H34N6O/c1-3-19(16-25)26-12-13-27-22-15-21(29-30-22)18-8-9-20(14-18)31-23(17-6-4-7-17)28-24(2)10-5-11-24/h3,12,15,18,20,28H,4-11,13-14H2,1-2H3,(H2,27,29,30)/b19-3-,26-12?. The summed E-state index contributed by atoms with van der Waals surface area (Å²) in [5, 5.41) is 23.4. The molecule has 31 heavy (non-hydrogen) atoms. The highest BCUT2D eigenvalue weighted by molar-refractivity contribution is 5.65. The molecule has 1 aromatic heterocycles. The second kappa shape index (κ2) is 9.59. The SMILES string of the molecule is C/C=C(/C#N)N=CCNc1cc(C2CCC(OC(NC3(C)CCC3)=C3CCC3)C2)[nH]n1. The monoisotopic (exact) mass is 422 g/mol. The summed E-state index contributed by atoms with van der Waals surface area (Å²) in [6, 6.07) is 4.12. The maximum Gasteiger partial charge on any atom is 0.186 e. The summed E-state index contributed by atoms with van der Waals surface area (Å²) in [7, 11) is 0. The molecule has 2 unspecified atom stereocenters. The molecule has 4 rings (SSSR count). The van der Waals surface area contributed by atoms with Gasteiger partial charge in [-0.1, -0.05) is 6.08 Å². The molecule has 7 nitrogen and oxygen atoms in total. The van der Waals surface area contributed by atoms with Crippen LogP contribution < -0.4 is 10.6 Å². The third kappa shape index (κ3) is 5.30. The molecule has 1 aromatic rings. The predicted molar refractivity (Wildman–Crippen MR) is 123 cm³/mol. The molecule has 0 amide bonds. The zero-order chi connectivity index (χ0) is 21.7. The summed E-state index contributed by atoms with van der Waals surface area (Å²) in [4.78, 5) is 4.11. The maximum absolute atomic E-state index is 8.87. The Bertz CT molecular complexity index is 895. The van der Waals surface area contributed by atoms with Gasteiger partial charge in [0.05, 0.1) is 6.54 Å². The number of rotatable bonds is 9. The number of hydrogen-bond donors (Lipinski definition) is 3. The zero-order valence-corrected chi connectivity index (χ0v) is 18.7. The van der Waals surface area contributed by atoms with Crippen LogP contribution in [0.1, 0.15) is 83.2 Å². The van der Waals surface area contributed by atoms with Gasteiger partial charge in [0.25, 0.3) is 0 Å². The summed E-state index contributed by atoms with van der Waals surface area (Å²) < 4.78 is 6.54. The molecule has 7 heteroatoms. The van der Waals surface area contributed by atoms with Gasteiger partial charge in [-0.3, -0.25) is 5.10 Å². The van der Waals surface area contributed by atoms with Crippen molar-refractivity contribution in [3.63, 3.8) is 0 Å². The van der Waals surface area contributed by atoms with E-state index in [0.717, 1.165) is 36.7 Å². The summed E-state index contributed by atoms with van der Waals surface area (Å²) in [5.74, 6) is 2.34. The second-order valence-electron chi connectivity index (χ2n) is 9.26. The van der Waals surface area contributed by atoms with Gasteiger partial charge in [0.2, 0.25) is 0 Å². The number of H-pyrrole nitrogens is 1. The van der Waals surface area contributed by atoms with Crippen LogP contribution in [0, 0.1) is 11.3 Å². The van der Waals surface area contributed by atoms with E-state index in [0.29, 0.717) is 18.2 Å². The van der Waals surface area contributed by atoms with E-state index in [2.05, 4.69) is 38.8 Å². The van der Waals surface area contributed by atoms with Crippen LogP contribution in [0.25, 0.3) is 0 Å². The molecule has 3 aliphatic carbocycles. The van der Waals surface area contributed by atoms with E-state index < -0.39 is 0 Å². The Morgan fingerprint density at radius 2 is 2.23 bits per heavy atom. The topological polar surface area (TPSA) is 98.1 Å². The van der Waals surface area contributed by atoms with Gasteiger partial charge in [-0.05, 0) is 77.2 Å². The molecule has 0 radical (unpaired) electrons. The number of anilines is 1. The first kappa shape index (κ1) is 21.5. The number of aromatic nitrogens is 2. The van der Waals surface area contributed by atoms with E-state index >= 15 is 0 Å². The van der Waals surface area contributed by atoms with Crippen LogP contribution in [0.2, 0.25) is 0 Å². The number of ether oxygens (including phenoxy) is 1. The molecule has 0 spiro atoms. The van der Waals surface area contributed by atoms with Crippen LogP contribution in [0.4, 0.5) is 5.82 Å². The number of aliphatic imine (C=N–C) groups is 1. The smallest absolute Gasteiger partial charge is 0.186 e. The molecule has 0 bridgehead atoms. The van der Waals surface area contributed by atoms with Gasteiger partial charge >= 0.3 is 0 Å². The van der Waals surface area contributed by atoms with Crippen molar-refractivity contribution in [2.45, 2.75) is 89.2 Å². The van der Waals surface area contributed by atoms with E-state index in [-0.39, 0.29) is 11.6 Å². The van der Waals surface area contributed by atoms with Crippen molar-refractivity contribution in [1.29, 1.82) is 5.26 Å². The Balaban J connectivity index is 1.28. The van der Waals surface area contributed by atoms with Gasteiger partial charge in [-0.25, -0.2) is 4.99 Å². The summed E-state index contributed by atoms with van der Waals surface area (Å²) >= 11 is 0. The van der Waals surface area contributed by atoms with Gasteiger partial charge in [0.1, 0.15) is 23.7 Å². The Labute approximate surface area is 185 Å². The highest BCUT2D eigenvalue weighted by Gasteiger charge is 2.36. The van der Waals surface area contributed by atoms with Gasteiger partial charge in [-0.15, -0.1) is 0 Å². The van der Waals surface area contributed by atoms with Gasteiger partial charge in [0.15, 0.2) is 5.88 Å². The maximum atomic E-state index is 8.87. The molecular formula is C24H34N6O. The van der Waals surface area contributed by atoms with E-state index in [4.69, 9.17) is 10.00 Å². The summed E-state index contributed by atoms with van der Waals surface area (Å²) in [5.41, 5.74) is 3.28. The number of hydrogen-bond acceptors (Lipinski definition) is 6. The first-order valence-corrected chi connectivity index (χ1v) is 11.6. The number of nitrogens with zero attached hydrogens (tertiary/aromatic N) is 3. The largest absolute Gasteiger partial charge is 0.476 e. The van der Waals surface area contributed by atoms with Crippen molar-refractivity contribution in [2.75, 3.05) is 11.9 Å². The van der Waals surface area contributed by atoms with Crippen molar-refractivity contribution in [3.05, 3.63) is 35.0 Å². The average Bonchev–Trinajstić information content (AvgIpc) is 3.35. The fourth-order valence-corrected chi connectivity index (χ4v) is 4.48. The fraction of sp³-hybridized carbons (Fsp3) is 0.625. The molecule has 0 saturated heterocycles. The molecule has 0 aromatic carbocycles. The van der Waals surface area contributed by atoms with Gasteiger partial charge in [0, 0.05) is 29.4 Å². The van der Waals surface area contributed by atoms with Crippen LogP contribution in [-0.4, -0.2) is 34.6 Å². The van der Waals surface area contributed by atoms with Crippen LogP contribution in [-0.2, 0) is 4.74 Å². The molecular weight excluding hydrogens is 388 g/mol. The van der Waals surface area contributed by atoms with Crippen molar-refractivity contribution < 1.29 is 4.74 Å². The second-order valence-corrected chi connectivity index (χ2v) is 9.26. The molecule has 166 valence electrons. The number of nitrogens with one attached hydrogen (secondary N) is 3. The average molecular weight is 423 g/mol. The van der Waals surface area contributed by atoms with Crippen LogP contribution in [0.3, 0.4) is 0 Å². The lowest BCUT2D eigenvalue weighted by Crippen LogP contribution is -2.48. The molecule has 2 atom stereocenters. The quantitative estimate of drug-likeness (QED) is 0.299. The summed E-state index contributed by atoms with van der Waals surface area (Å²) in [6.07, 6.45) is 14.3. The number of nitriles is 1. The first-order valence-electron chi connectivity index (χ1n) is 11.6. The van der Waals surface area contributed by atoms with Crippen LogP contribution in [0.15, 0.2) is 34.3 Å². The third-order valence-corrected chi connectivity index (χ3v) is 6.85. The van der Waals surface area contributed by atoms with Crippen molar-refractivity contribution in [3.8, 4) is 6.07 Å². The van der Waals surface area contributed by atoms with E-state index in [1.165, 1.54) is 44.1 Å². The van der Waals surface area contributed by atoms with E-state index in [1.807, 2.05) is 6.07 Å². The lowest BCUT2D eigenvalue weighted by Gasteiger charge is -2.42. The van der Waals surface area contributed by atoms with Crippen molar-refractivity contribution in [1.82, 2.24) is 15.5 Å². The Morgan fingerprint density at radius 1 is 1.39 bits per heavy atom. The fourth-order valence-electron chi connectivity index (χ4n) is 4.48. The lowest BCUT2D eigenvalue weighted by atomic mass is 9.78. The molecule has 3 N–H and O–H groups in total. The van der Waals surface area contributed by atoms with Crippen LogP contribution >= 0.6 is 0 Å². The Hall–Kier alpha value is -2.75. The van der Waals surface area contributed by atoms with Gasteiger partial charge in [-0.2, -0.15) is 10.4 Å². The van der Waals surface area contributed by atoms with Gasteiger partial charge < -0.3 is 15.4 Å². The van der Waals surface area contributed by atoms with E-state index in [1.54, 1.807) is 19.2 Å². The number of allylic oxidation sites excluding steroid dienone is 3. The normalized spacial score (nSPS) is 24.9. The minimum absolute atomic E-state index is 0.226. The molecule has 3 fully saturated rings. The van der Waals surface area contributed by atoms with Crippen molar-refractivity contribution >= 4 is 12.0 Å². The third-order valence-electron chi connectivity index (χ3n) is 6.85. The molecule has 0 aliphatic heterocycles. The molecule has 1 heterocycles. The molecule has 3 saturated carbocycles.